The Balaban J connectivity index is 1.71. The lowest BCUT2D eigenvalue weighted by atomic mass is 9.58. The molecule has 2 N–H and O–H groups in total. The molecule has 2 rings (SSSR count). The van der Waals surface area contributed by atoms with Crippen LogP contribution in [0, 0.1) is 11.3 Å². The Hall–Kier alpha value is -0.570. The zero-order valence-corrected chi connectivity index (χ0v) is 7.52. The first kappa shape index (κ1) is 8.05. The molecule has 68 valence electrons. The van der Waals surface area contributed by atoms with Gasteiger partial charge in [0, 0.05) is 26.6 Å². The summed E-state index contributed by atoms with van der Waals surface area (Å²) in [7, 11) is 1.71. The molecule has 2 fully saturated rings. The minimum atomic E-state index is 0.196. The number of nitrogens with one attached hydrogen (secondary N) is 2. The van der Waals surface area contributed by atoms with Gasteiger partial charge < -0.3 is 10.6 Å². The summed E-state index contributed by atoms with van der Waals surface area (Å²) in [6.07, 6.45) is 3.25. The van der Waals surface area contributed by atoms with Crippen LogP contribution in [0.4, 0.5) is 0 Å². The average molecular weight is 168 g/mol. The lowest BCUT2D eigenvalue weighted by Gasteiger charge is -2.54. The second kappa shape index (κ2) is 2.73. The fourth-order valence-corrected chi connectivity index (χ4v) is 2.44. The van der Waals surface area contributed by atoms with Crippen molar-refractivity contribution in [3.63, 3.8) is 0 Å². The molecule has 0 aromatic rings. The number of hydrogen-bond acceptors (Lipinski definition) is 2. The van der Waals surface area contributed by atoms with Crippen molar-refractivity contribution < 1.29 is 4.79 Å². The molecule has 0 unspecified atom stereocenters. The molecule has 0 atom stereocenters. The van der Waals surface area contributed by atoms with Gasteiger partial charge in [0.25, 0.3) is 0 Å². The summed E-state index contributed by atoms with van der Waals surface area (Å²) in [6, 6.07) is 0. The normalized spacial score (nSPS) is 26.1. The Bertz CT molecular complexity index is 191. The third-order valence-corrected chi connectivity index (χ3v) is 3.20. The van der Waals surface area contributed by atoms with Gasteiger partial charge in [0.15, 0.2) is 0 Å². The lowest BCUT2D eigenvalue weighted by molar-refractivity contribution is -0.124. The molecule has 2 aliphatic rings. The molecule has 3 nitrogen and oxygen atoms in total. The molecule has 0 bridgehead atoms. The second-order valence-corrected chi connectivity index (χ2v) is 4.26. The van der Waals surface area contributed by atoms with E-state index in [-0.39, 0.29) is 5.91 Å². The van der Waals surface area contributed by atoms with Crippen LogP contribution in [-0.4, -0.2) is 26.0 Å². The van der Waals surface area contributed by atoms with Crippen molar-refractivity contribution >= 4 is 5.91 Å². The van der Waals surface area contributed by atoms with Crippen LogP contribution in [0.1, 0.15) is 19.3 Å². The van der Waals surface area contributed by atoms with Crippen LogP contribution in [-0.2, 0) is 4.79 Å². The molecule has 0 radical (unpaired) electrons. The van der Waals surface area contributed by atoms with Gasteiger partial charge in [-0.15, -0.1) is 0 Å². The third-order valence-electron chi connectivity index (χ3n) is 3.20. The van der Waals surface area contributed by atoms with E-state index < -0.39 is 0 Å². The molecule has 1 aliphatic carbocycles. The summed E-state index contributed by atoms with van der Waals surface area (Å²) < 4.78 is 0. The van der Waals surface area contributed by atoms with Crippen molar-refractivity contribution in [3.05, 3.63) is 0 Å². The minimum absolute atomic E-state index is 0.196. The summed E-state index contributed by atoms with van der Waals surface area (Å²) in [5.41, 5.74) is 0.610. The van der Waals surface area contributed by atoms with E-state index in [0.717, 1.165) is 6.42 Å². The number of amides is 1. The van der Waals surface area contributed by atoms with Crippen LogP contribution in [0.2, 0.25) is 0 Å². The number of rotatable bonds is 2. The SMILES string of the molecule is CNC(=O)CC1CC2(CNC2)C1. The predicted molar refractivity (Wildman–Crippen MR) is 46.7 cm³/mol. The second-order valence-electron chi connectivity index (χ2n) is 4.26. The zero-order valence-electron chi connectivity index (χ0n) is 7.52. The molecule has 1 heterocycles. The van der Waals surface area contributed by atoms with Crippen LogP contribution in [0.3, 0.4) is 0 Å². The molecular weight excluding hydrogens is 152 g/mol. The van der Waals surface area contributed by atoms with Crippen molar-refractivity contribution in [3.8, 4) is 0 Å². The van der Waals surface area contributed by atoms with Gasteiger partial charge in [0.2, 0.25) is 5.91 Å². The van der Waals surface area contributed by atoms with Crippen molar-refractivity contribution in [2.75, 3.05) is 20.1 Å². The molecule has 1 spiro atoms. The fourth-order valence-electron chi connectivity index (χ4n) is 2.44. The standard InChI is InChI=1S/C9H16N2O/c1-10-8(12)2-7-3-9(4-7)5-11-6-9/h7,11H,2-6H2,1H3,(H,10,12). The summed E-state index contributed by atoms with van der Waals surface area (Å²) in [4.78, 5) is 11.0. The summed E-state index contributed by atoms with van der Waals surface area (Å²) in [5, 5.41) is 5.96. The number of hydrogen-bond donors (Lipinski definition) is 2. The molecule has 3 heteroatoms. The first-order valence-corrected chi connectivity index (χ1v) is 4.65. The largest absolute Gasteiger partial charge is 0.359 e. The highest BCUT2D eigenvalue weighted by Crippen LogP contribution is 2.49. The van der Waals surface area contributed by atoms with Crippen LogP contribution >= 0.6 is 0 Å². The maximum atomic E-state index is 11.0. The van der Waals surface area contributed by atoms with Gasteiger partial charge in [0.1, 0.15) is 0 Å². The Morgan fingerprint density at radius 1 is 1.58 bits per heavy atom. The molecule has 1 aliphatic heterocycles. The van der Waals surface area contributed by atoms with E-state index in [2.05, 4.69) is 10.6 Å². The van der Waals surface area contributed by atoms with Crippen LogP contribution in [0.25, 0.3) is 0 Å². The van der Waals surface area contributed by atoms with E-state index in [4.69, 9.17) is 0 Å². The molecule has 0 aromatic carbocycles. The number of carbonyl (C=O) groups is 1. The van der Waals surface area contributed by atoms with Crippen molar-refractivity contribution in [1.82, 2.24) is 10.6 Å². The molecule has 1 amide bonds. The van der Waals surface area contributed by atoms with Gasteiger partial charge in [0.05, 0.1) is 0 Å². The maximum absolute atomic E-state index is 11.0. The molecule has 1 saturated heterocycles. The Morgan fingerprint density at radius 2 is 2.25 bits per heavy atom. The quantitative estimate of drug-likeness (QED) is 0.615. The maximum Gasteiger partial charge on any atom is 0.220 e. The van der Waals surface area contributed by atoms with E-state index in [9.17, 15) is 4.79 Å². The Kier molecular flexibility index (Phi) is 1.83. The van der Waals surface area contributed by atoms with Gasteiger partial charge >= 0.3 is 0 Å². The van der Waals surface area contributed by atoms with Crippen LogP contribution < -0.4 is 10.6 Å². The topological polar surface area (TPSA) is 41.1 Å². The minimum Gasteiger partial charge on any atom is -0.359 e. The highest BCUT2D eigenvalue weighted by Gasteiger charge is 2.48. The average Bonchev–Trinajstić information content (AvgIpc) is 1.91. The van der Waals surface area contributed by atoms with E-state index >= 15 is 0 Å². The third kappa shape index (κ3) is 1.22. The number of carbonyl (C=O) groups excluding carboxylic acids is 1. The lowest BCUT2D eigenvalue weighted by Crippen LogP contribution is -2.60. The van der Waals surface area contributed by atoms with Crippen LogP contribution in [0.5, 0.6) is 0 Å². The van der Waals surface area contributed by atoms with Crippen molar-refractivity contribution in [2.24, 2.45) is 11.3 Å². The van der Waals surface area contributed by atoms with Gasteiger partial charge in [-0.1, -0.05) is 0 Å². The molecule has 1 saturated carbocycles. The monoisotopic (exact) mass is 168 g/mol. The Labute approximate surface area is 72.9 Å². The smallest absolute Gasteiger partial charge is 0.220 e. The zero-order chi connectivity index (χ0) is 8.60. The van der Waals surface area contributed by atoms with E-state index in [1.54, 1.807) is 7.05 Å². The van der Waals surface area contributed by atoms with Gasteiger partial charge in [-0.25, -0.2) is 0 Å². The van der Waals surface area contributed by atoms with Crippen molar-refractivity contribution in [2.45, 2.75) is 19.3 Å². The molecule has 12 heavy (non-hydrogen) atoms. The van der Waals surface area contributed by atoms with Crippen LogP contribution in [0.15, 0.2) is 0 Å². The molecule has 0 aromatic heterocycles. The van der Waals surface area contributed by atoms with E-state index in [1.807, 2.05) is 0 Å². The van der Waals surface area contributed by atoms with Crippen molar-refractivity contribution in [1.29, 1.82) is 0 Å². The predicted octanol–water partition coefficient (Wildman–Crippen LogP) is 0.122. The van der Waals surface area contributed by atoms with Gasteiger partial charge in [-0.05, 0) is 24.2 Å². The fraction of sp³-hybridized carbons (Fsp3) is 0.889. The summed E-state index contributed by atoms with van der Waals surface area (Å²) >= 11 is 0. The summed E-state index contributed by atoms with van der Waals surface area (Å²) in [5.74, 6) is 0.856. The van der Waals surface area contributed by atoms with Gasteiger partial charge in [-0.2, -0.15) is 0 Å². The molecular formula is C9H16N2O. The first-order valence-electron chi connectivity index (χ1n) is 4.65. The first-order chi connectivity index (χ1) is 5.74. The highest BCUT2D eigenvalue weighted by atomic mass is 16.1. The Morgan fingerprint density at radius 3 is 2.67 bits per heavy atom. The highest BCUT2D eigenvalue weighted by molar-refractivity contribution is 5.75. The van der Waals surface area contributed by atoms with E-state index in [0.29, 0.717) is 11.3 Å². The van der Waals surface area contributed by atoms with E-state index in [1.165, 1.54) is 25.9 Å². The summed E-state index contributed by atoms with van der Waals surface area (Å²) in [6.45, 7) is 2.36. The van der Waals surface area contributed by atoms with Gasteiger partial charge in [-0.3, -0.25) is 4.79 Å².